The number of rotatable bonds is 5. The van der Waals surface area contributed by atoms with Gasteiger partial charge in [0.05, 0.1) is 5.75 Å². The summed E-state index contributed by atoms with van der Waals surface area (Å²) in [6.45, 7) is 6.11. The topological polar surface area (TPSA) is 72.2 Å². The van der Waals surface area contributed by atoms with Crippen LogP contribution in [0.3, 0.4) is 0 Å². The molecule has 0 aromatic rings. The summed E-state index contributed by atoms with van der Waals surface area (Å²) in [5, 5.41) is 0. The fourth-order valence-corrected chi connectivity index (χ4v) is 3.22. The van der Waals surface area contributed by atoms with E-state index in [1.165, 1.54) is 0 Å². The molecule has 1 aliphatic rings. The molecule has 1 unspecified atom stereocenters. The number of hydrogen-bond acceptors (Lipinski definition) is 3. The normalized spacial score (nSPS) is 19.0. The Morgan fingerprint density at radius 2 is 1.88 bits per heavy atom. The molecule has 0 aromatic carbocycles. The highest BCUT2D eigenvalue weighted by Crippen LogP contribution is 2.31. The minimum atomic E-state index is -3.17. The summed E-state index contributed by atoms with van der Waals surface area (Å²) < 4.78 is 25.8. The quantitative estimate of drug-likeness (QED) is 0.786. The van der Waals surface area contributed by atoms with Crippen molar-refractivity contribution in [1.82, 2.24) is 4.72 Å². The Hall–Kier alpha value is 0.160. The van der Waals surface area contributed by atoms with Crippen molar-refractivity contribution in [3.63, 3.8) is 0 Å². The van der Waals surface area contributed by atoms with E-state index in [4.69, 9.17) is 5.73 Å². The van der Waals surface area contributed by atoms with Crippen molar-refractivity contribution in [2.45, 2.75) is 39.7 Å². The average Bonchev–Trinajstić information content (AvgIpc) is 2.77. The van der Waals surface area contributed by atoms with Gasteiger partial charge in [0.25, 0.3) is 0 Å². The Morgan fingerprint density at radius 1 is 1.38 bits per heavy atom. The monoisotopic (exact) mass is 270 g/mol. The van der Waals surface area contributed by atoms with Crippen LogP contribution in [0.5, 0.6) is 0 Å². The van der Waals surface area contributed by atoms with Gasteiger partial charge in [-0.05, 0) is 24.2 Å². The maximum absolute atomic E-state index is 11.6. The Kier molecular flexibility index (Phi) is 5.72. The van der Waals surface area contributed by atoms with Crippen LogP contribution >= 0.6 is 12.4 Å². The maximum Gasteiger partial charge on any atom is 0.212 e. The molecule has 1 atom stereocenters. The van der Waals surface area contributed by atoms with Gasteiger partial charge in [0.15, 0.2) is 0 Å². The summed E-state index contributed by atoms with van der Waals surface area (Å²) in [6.07, 6.45) is 2.28. The molecule has 0 aromatic heterocycles. The van der Waals surface area contributed by atoms with E-state index < -0.39 is 10.0 Å². The first-order valence-corrected chi connectivity index (χ1v) is 7.08. The summed E-state index contributed by atoms with van der Waals surface area (Å²) >= 11 is 0. The zero-order valence-corrected chi connectivity index (χ0v) is 11.8. The Labute approximate surface area is 105 Å². The third-order valence-corrected chi connectivity index (χ3v) is 4.24. The van der Waals surface area contributed by atoms with Crippen molar-refractivity contribution < 1.29 is 8.42 Å². The molecule has 0 radical (unpaired) electrons. The highest BCUT2D eigenvalue weighted by atomic mass is 35.5. The minimum absolute atomic E-state index is 0. The highest BCUT2D eigenvalue weighted by Gasteiger charge is 2.29. The van der Waals surface area contributed by atoms with E-state index in [1.54, 1.807) is 0 Å². The molecule has 4 nitrogen and oxygen atoms in total. The van der Waals surface area contributed by atoms with Crippen LogP contribution in [0.25, 0.3) is 0 Å². The predicted molar refractivity (Wildman–Crippen MR) is 69.2 cm³/mol. The van der Waals surface area contributed by atoms with Gasteiger partial charge in [-0.1, -0.05) is 20.8 Å². The summed E-state index contributed by atoms with van der Waals surface area (Å²) in [5.41, 5.74) is 5.61. The van der Waals surface area contributed by atoms with Crippen molar-refractivity contribution in [1.29, 1.82) is 0 Å². The first-order chi connectivity index (χ1) is 6.70. The van der Waals surface area contributed by atoms with Crippen LogP contribution < -0.4 is 10.5 Å². The number of sulfonamides is 1. The van der Waals surface area contributed by atoms with Crippen LogP contribution in [-0.2, 0) is 10.0 Å². The molecule has 1 rings (SSSR count). The van der Waals surface area contributed by atoms with Gasteiger partial charge < -0.3 is 5.73 Å². The van der Waals surface area contributed by atoms with Gasteiger partial charge >= 0.3 is 0 Å². The molecule has 0 saturated heterocycles. The standard InChI is InChI=1S/C10H22N2O2S.ClH/c1-10(2,3)7-15(13,14)12-6-9(11)8-4-5-8;/h8-9,12H,4-7,11H2,1-3H3;1H. The van der Waals surface area contributed by atoms with Gasteiger partial charge in [-0.3, -0.25) is 0 Å². The van der Waals surface area contributed by atoms with Crippen molar-refractivity contribution >= 4 is 22.4 Å². The van der Waals surface area contributed by atoms with Crippen LogP contribution in [0, 0.1) is 11.3 Å². The van der Waals surface area contributed by atoms with Gasteiger partial charge in [-0.2, -0.15) is 0 Å². The number of hydrogen-bond donors (Lipinski definition) is 2. The summed E-state index contributed by atoms with van der Waals surface area (Å²) in [6, 6.07) is -0.0141. The average molecular weight is 271 g/mol. The van der Waals surface area contributed by atoms with Gasteiger partial charge in [-0.25, -0.2) is 13.1 Å². The molecule has 6 heteroatoms. The van der Waals surface area contributed by atoms with E-state index in [-0.39, 0.29) is 29.6 Å². The summed E-state index contributed by atoms with van der Waals surface area (Å²) in [7, 11) is -3.17. The fourth-order valence-electron chi connectivity index (χ4n) is 1.54. The first kappa shape index (κ1) is 16.2. The lowest BCUT2D eigenvalue weighted by atomic mass is 10.0. The molecule has 98 valence electrons. The van der Waals surface area contributed by atoms with E-state index in [1.807, 2.05) is 20.8 Å². The third kappa shape index (κ3) is 6.68. The van der Waals surface area contributed by atoms with Gasteiger partial charge in [0.2, 0.25) is 10.0 Å². The predicted octanol–water partition coefficient (Wildman–Crippen LogP) is 1.11. The lowest BCUT2D eigenvalue weighted by Gasteiger charge is -2.19. The summed E-state index contributed by atoms with van der Waals surface area (Å²) in [5.74, 6) is 0.680. The number of halogens is 1. The molecule has 0 heterocycles. The van der Waals surface area contributed by atoms with E-state index >= 15 is 0 Å². The molecule has 16 heavy (non-hydrogen) atoms. The molecule has 1 aliphatic carbocycles. The van der Waals surface area contributed by atoms with Crippen molar-refractivity contribution in [2.75, 3.05) is 12.3 Å². The third-order valence-electron chi connectivity index (χ3n) is 2.39. The van der Waals surface area contributed by atoms with Crippen LogP contribution in [-0.4, -0.2) is 26.8 Å². The minimum Gasteiger partial charge on any atom is -0.326 e. The summed E-state index contributed by atoms with van der Waals surface area (Å²) in [4.78, 5) is 0. The van der Waals surface area contributed by atoms with E-state index in [9.17, 15) is 8.42 Å². The lowest BCUT2D eigenvalue weighted by molar-refractivity contribution is 0.455. The van der Waals surface area contributed by atoms with E-state index in [0.717, 1.165) is 12.8 Å². The first-order valence-electron chi connectivity index (χ1n) is 5.42. The lowest BCUT2D eigenvalue weighted by Crippen LogP contribution is -2.41. The number of nitrogens with one attached hydrogen (secondary N) is 1. The molecule has 0 aliphatic heterocycles. The van der Waals surface area contributed by atoms with E-state index in [2.05, 4.69) is 4.72 Å². The van der Waals surface area contributed by atoms with Crippen molar-refractivity contribution in [3.8, 4) is 0 Å². The van der Waals surface area contributed by atoms with Gasteiger partial charge in [0, 0.05) is 12.6 Å². The zero-order chi connectivity index (χ0) is 11.7. The molecular weight excluding hydrogens is 248 g/mol. The number of nitrogens with two attached hydrogens (primary N) is 1. The van der Waals surface area contributed by atoms with Crippen LogP contribution in [0.1, 0.15) is 33.6 Å². The maximum atomic E-state index is 11.6. The molecule has 1 fully saturated rings. The van der Waals surface area contributed by atoms with Crippen LogP contribution in [0.15, 0.2) is 0 Å². The largest absolute Gasteiger partial charge is 0.326 e. The molecular formula is C10H23ClN2O2S. The Balaban J connectivity index is 0.00000225. The molecule has 0 amide bonds. The molecule has 0 bridgehead atoms. The second-order valence-corrected chi connectivity index (χ2v) is 7.48. The van der Waals surface area contributed by atoms with Gasteiger partial charge in [0.1, 0.15) is 0 Å². The van der Waals surface area contributed by atoms with Crippen LogP contribution in [0.2, 0.25) is 0 Å². The SMILES string of the molecule is CC(C)(C)CS(=O)(=O)NCC(N)C1CC1.Cl. The molecule has 3 N–H and O–H groups in total. The zero-order valence-electron chi connectivity index (χ0n) is 10.2. The second-order valence-electron chi connectivity index (χ2n) is 5.67. The molecule has 0 spiro atoms. The van der Waals surface area contributed by atoms with Gasteiger partial charge in [-0.15, -0.1) is 12.4 Å². The molecule has 1 saturated carbocycles. The van der Waals surface area contributed by atoms with Crippen molar-refractivity contribution in [2.24, 2.45) is 17.1 Å². The van der Waals surface area contributed by atoms with Crippen molar-refractivity contribution in [3.05, 3.63) is 0 Å². The highest BCUT2D eigenvalue weighted by molar-refractivity contribution is 7.89. The Morgan fingerprint density at radius 3 is 2.25 bits per heavy atom. The Bertz CT molecular complexity index is 307. The van der Waals surface area contributed by atoms with E-state index in [0.29, 0.717) is 12.5 Å². The smallest absolute Gasteiger partial charge is 0.212 e. The fraction of sp³-hybridized carbons (Fsp3) is 1.00. The second kappa shape index (κ2) is 5.67. The van der Waals surface area contributed by atoms with Crippen LogP contribution in [0.4, 0.5) is 0 Å².